The van der Waals surface area contributed by atoms with Gasteiger partial charge < -0.3 is 9.64 Å². The van der Waals surface area contributed by atoms with E-state index in [9.17, 15) is 4.79 Å². The van der Waals surface area contributed by atoms with E-state index in [0.29, 0.717) is 19.0 Å². The topological polar surface area (TPSA) is 73.1 Å². The Morgan fingerprint density at radius 2 is 2.04 bits per heavy atom. The lowest BCUT2D eigenvalue weighted by atomic mass is 10.1. The van der Waals surface area contributed by atoms with Crippen LogP contribution in [0.25, 0.3) is 10.8 Å². The summed E-state index contributed by atoms with van der Waals surface area (Å²) in [6.45, 7) is 1.65. The number of hydrogen-bond acceptors (Lipinski definition) is 5. The first-order chi connectivity index (χ1) is 12.3. The molecule has 128 valence electrons. The first-order valence-electron chi connectivity index (χ1n) is 8.42. The molecule has 7 heteroatoms. The zero-order chi connectivity index (χ0) is 17.1. The van der Waals surface area contributed by atoms with Gasteiger partial charge in [0.2, 0.25) is 11.8 Å². The van der Waals surface area contributed by atoms with E-state index in [0.717, 1.165) is 23.6 Å². The summed E-state index contributed by atoms with van der Waals surface area (Å²) in [5.74, 6) is 0.659. The molecule has 1 aromatic carbocycles. The summed E-state index contributed by atoms with van der Waals surface area (Å²) < 4.78 is 7.72. The van der Waals surface area contributed by atoms with Crippen molar-refractivity contribution in [1.82, 2.24) is 24.9 Å². The Bertz CT molecular complexity index is 852. The van der Waals surface area contributed by atoms with Gasteiger partial charge in [-0.15, -0.1) is 5.10 Å². The van der Waals surface area contributed by atoms with Gasteiger partial charge in [0.05, 0.1) is 6.20 Å². The molecule has 7 nitrogen and oxygen atoms in total. The predicted molar refractivity (Wildman–Crippen MR) is 92.0 cm³/mol. The zero-order valence-corrected chi connectivity index (χ0v) is 13.8. The molecule has 25 heavy (non-hydrogen) atoms. The smallest absolute Gasteiger partial charge is 0.244 e. The molecular formula is C18H19N5O2. The zero-order valence-electron chi connectivity index (χ0n) is 13.8. The van der Waals surface area contributed by atoms with Crippen molar-refractivity contribution in [3.63, 3.8) is 0 Å². The van der Waals surface area contributed by atoms with Crippen molar-refractivity contribution in [2.45, 2.75) is 25.5 Å². The number of carbonyl (C=O) groups excluding carboxylic acids is 1. The van der Waals surface area contributed by atoms with Crippen LogP contribution >= 0.6 is 0 Å². The first kappa shape index (κ1) is 15.6. The number of rotatable bonds is 4. The molecule has 1 amide bonds. The van der Waals surface area contributed by atoms with E-state index in [2.05, 4.69) is 15.3 Å². The molecule has 3 aromatic rings. The van der Waals surface area contributed by atoms with Crippen molar-refractivity contribution < 1.29 is 9.53 Å². The van der Waals surface area contributed by atoms with Crippen LogP contribution in [0.5, 0.6) is 5.88 Å². The van der Waals surface area contributed by atoms with E-state index in [-0.39, 0.29) is 18.6 Å². The van der Waals surface area contributed by atoms with Gasteiger partial charge in [0, 0.05) is 49.1 Å². The average Bonchev–Trinajstić information content (AvgIpc) is 3.16. The van der Waals surface area contributed by atoms with Gasteiger partial charge in [-0.25, -0.2) is 0 Å². The number of carbonyl (C=O) groups is 1. The molecule has 1 saturated heterocycles. The Kier molecular flexibility index (Phi) is 4.28. The average molecular weight is 337 g/mol. The maximum absolute atomic E-state index is 12.3. The number of piperidine rings is 1. The number of amides is 1. The Balaban J connectivity index is 1.36. The van der Waals surface area contributed by atoms with E-state index in [1.807, 2.05) is 35.2 Å². The van der Waals surface area contributed by atoms with Crippen LogP contribution in [-0.4, -0.2) is 50.0 Å². The lowest BCUT2D eigenvalue weighted by molar-refractivity contribution is -0.133. The molecule has 4 rings (SSSR count). The quantitative estimate of drug-likeness (QED) is 0.727. The number of ether oxygens (including phenoxy) is 1. The van der Waals surface area contributed by atoms with Gasteiger partial charge in [-0.1, -0.05) is 18.2 Å². The van der Waals surface area contributed by atoms with Crippen LogP contribution in [0.15, 0.2) is 48.9 Å². The molecule has 0 N–H and O–H groups in total. The molecule has 1 aliphatic rings. The third kappa shape index (κ3) is 3.45. The van der Waals surface area contributed by atoms with E-state index in [1.54, 1.807) is 23.3 Å². The van der Waals surface area contributed by atoms with Gasteiger partial charge in [0.15, 0.2) is 0 Å². The number of likely N-dealkylation sites (tertiary alicyclic amines) is 1. The fraction of sp³-hybridized carbons (Fsp3) is 0.333. The SMILES string of the molecule is O=C(Cn1cccn1)N1CCC(Oc2nncc3ccccc23)CC1. The maximum Gasteiger partial charge on any atom is 0.244 e. The van der Waals surface area contributed by atoms with Crippen LogP contribution in [0.4, 0.5) is 0 Å². The second kappa shape index (κ2) is 6.88. The fourth-order valence-corrected chi connectivity index (χ4v) is 3.10. The predicted octanol–water partition coefficient (Wildman–Crippen LogP) is 1.90. The Hall–Kier alpha value is -2.96. The summed E-state index contributed by atoms with van der Waals surface area (Å²) >= 11 is 0. The summed E-state index contributed by atoms with van der Waals surface area (Å²) in [4.78, 5) is 14.2. The second-order valence-corrected chi connectivity index (χ2v) is 6.14. The molecule has 0 aliphatic carbocycles. The minimum Gasteiger partial charge on any atom is -0.473 e. The lowest BCUT2D eigenvalue weighted by Crippen LogP contribution is -2.43. The van der Waals surface area contributed by atoms with Crippen LogP contribution in [0, 0.1) is 0 Å². The van der Waals surface area contributed by atoms with Crippen molar-refractivity contribution >= 4 is 16.7 Å². The second-order valence-electron chi connectivity index (χ2n) is 6.14. The third-order valence-corrected chi connectivity index (χ3v) is 4.47. The highest BCUT2D eigenvalue weighted by Gasteiger charge is 2.25. The molecule has 2 aromatic heterocycles. The number of benzene rings is 1. The van der Waals surface area contributed by atoms with Gasteiger partial charge in [-0.3, -0.25) is 9.48 Å². The van der Waals surface area contributed by atoms with Crippen LogP contribution in [-0.2, 0) is 11.3 Å². The van der Waals surface area contributed by atoms with Gasteiger partial charge in [-0.05, 0) is 12.1 Å². The lowest BCUT2D eigenvalue weighted by Gasteiger charge is -2.32. The van der Waals surface area contributed by atoms with Crippen LogP contribution in [0.2, 0.25) is 0 Å². The molecule has 0 saturated carbocycles. The summed E-state index contributed by atoms with van der Waals surface area (Å²) in [6, 6.07) is 9.74. The van der Waals surface area contributed by atoms with Gasteiger partial charge in [-0.2, -0.15) is 10.2 Å². The van der Waals surface area contributed by atoms with E-state index < -0.39 is 0 Å². The number of hydrogen-bond donors (Lipinski definition) is 0. The summed E-state index contributed by atoms with van der Waals surface area (Å²) in [7, 11) is 0. The van der Waals surface area contributed by atoms with Crippen molar-refractivity contribution in [3.05, 3.63) is 48.9 Å². The number of nitrogens with zero attached hydrogens (tertiary/aromatic N) is 5. The Morgan fingerprint density at radius 1 is 1.20 bits per heavy atom. The molecule has 0 unspecified atom stereocenters. The monoisotopic (exact) mass is 337 g/mol. The highest BCUT2D eigenvalue weighted by Crippen LogP contribution is 2.24. The van der Waals surface area contributed by atoms with E-state index in [4.69, 9.17) is 4.74 Å². The van der Waals surface area contributed by atoms with Crippen molar-refractivity contribution in [1.29, 1.82) is 0 Å². The molecule has 0 radical (unpaired) electrons. The summed E-state index contributed by atoms with van der Waals surface area (Å²) in [6.07, 6.45) is 6.84. The Morgan fingerprint density at radius 3 is 2.84 bits per heavy atom. The van der Waals surface area contributed by atoms with E-state index in [1.165, 1.54) is 0 Å². The summed E-state index contributed by atoms with van der Waals surface area (Å²) in [5.41, 5.74) is 0. The Labute approximate surface area is 145 Å². The normalized spacial score (nSPS) is 15.4. The third-order valence-electron chi connectivity index (χ3n) is 4.47. The molecule has 1 aliphatic heterocycles. The van der Waals surface area contributed by atoms with Gasteiger partial charge >= 0.3 is 0 Å². The highest BCUT2D eigenvalue weighted by molar-refractivity contribution is 5.85. The molecule has 1 fully saturated rings. The van der Waals surface area contributed by atoms with Crippen LogP contribution < -0.4 is 4.74 Å². The van der Waals surface area contributed by atoms with Gasteiger partial charge in [0.25, 0.3) is 0 Å². The minimum absolute atomic E-state index is 0.0499. The number of aromatic nitrogens is 4. The largest absolute Gasteiger partial charge is 0.473 e. The molecule has 0 atom stereocenters. The minimum atomic E-state index is 0.0499. The van der Waals surface area contributed by atoms with Crippen LogP contribution in [0.3, 0.4) is 0 Å². The summed E-state index contributed by atoms with van der Waals surface area (Å²) in [5, 5.41) is 14.2. The van der Waals surface area contributed by atoms with Crippen molar-refractivity contribution in [2.24, 2.45) is 0 Å². The fourth-order valence-electron chi connectivity index (χ4n) is 3.10. The molecule has 0 spiro atoms. The maximum atomic E-state index is 12.3. The standard InChI is InChI=1S/C18H19N5O2/c24-17(13-23-9-3-8-20-23)22-10-6-15(7-11-22)25-18-16-5-2-1-4-14(16)12-19-21-18/h1-5,8-9,12,15H,6-7,10-11,13H2. The first-order valence-corrected chi connectivity index (χ1v) is 8.42. The van der Waals surface area contributed by atoms with Crippen molar-refractivity contribution in [2.75, 3.05) is 13.1 Å². The molecular weight excluding hydrogens is 318 g/mol. The van der Waals surface area contributed by atoms with Gasteiger partial charge in [0.1, 0.15) is 12.6 Å². The molecule has 3 heterocycles. The van der Waals surface area contributed by atoms with E-state index >= 15 is 0 Å². The number of fused-ring (bicyclic) bond motifs is 1. The highest BCUT2D eigenvalue weighted by atomic mass is 16.5. The van der Waals surface area contributed by atoms with Crippen LogP contribution in [0.1, 0.15) is 12.8 Å². The molecule has 0 bridgehead atoms. The van der Waals surface area contributed by atoms with Crippen molar-refractivity contribution in [3.8, 4) is 5.88 Å².